The maximum absolute atomic E-state index is 12.4. The van der Waals surface area contributed by atoms with Crippen LogP contribution in [0.3, 0.4) is 0 Å². The molecule has 0 saturated carbocycles. The first-order valence-corrected chi connectivity index (χ1v) is 8.39. The maximum Gasteiger partial charge on any atom is 0.249 e. The molecule has 0 aromatic heterocycles. The van der Waals surface area contributed by atoms with E-state index in [2.05, 4.69) is 0 Å². The van der Waals surface area contributed by atoms with Crippen LogP contribution < -0.4 is 0 Å². The van der Waals surface area contributed by atoms with Crippen molar-refractivity contribution < 1.29 is 28.9 Å². The number of hydrogen-bond acceptors (Lipinski definition) is 6. The van der Waals surface area contributed by atoms with Crippen molar-refractivity contribution in [2.24, 2.45) is 5.41 Å². The fraction of sp³-hybridized carbons (Fsp3) is 0.882. The van der Waals surface area contributed by atoms with Crippen LogP contribution >= 0.6 is 0 Å². The van der Waals surface area contributed by atoms with E-state index in [0.717, 1.165) is 0 Å². The van der Waals surface area contributed by atoms with Crippen LogP contribution in [0.25, 0.3) is 0 Å². The molecule has 0 aromatic rings. The molecular weight excluding hydrogens is 314 g/mol. The molecule has 2 unspecified atom stereocenters. The smallest absolute Gasteiger partial charge is 0.249 e. The normalized spacial score (nSPS) is 21.3. The van der Waals surface area contributed by atoms with Crippen LogP contribution in [-0.4, -0.2) is 80.5 Å². The van der Waals surface area contributed by atoms with Crippen LogP contribution in [0.4, 0.5) is 0 Å². The van der Waals surface area contributed by atoms with Gasteiger partial charge in [0.2, 0.25) is 5.91 Å². The molecule has 1 aliphatic heterocycles. The van der Waals surface area contributed by atoms with Crippen LogP contribution in [0.2, 0.25) is 0 Å². The Kier molecular flexibility index (Phi) is 8.83. The molecule has 1 saturated heterocycles. The summed E-state index contributed by atoms with van der Waals surface area (Å²) >= 11 is 0. The summed E-state index contributed by atoms with van der Waals surface area (Å²) in [5, 5.41) is 9.84. The van der Waals surface area contributed by atoms with Crippen LogP contribution in [0.5, 0.6) is 0 Å². The van der Waals surface area contributed by atoms with E-state index in [1.54, 1.807) is 7.11 Å². The van der Waals surface area contributed by atoms with Crippen molar-refractivity contribution in [3.8, 4) is 0 Å². The summed E-state index contributed by atoms with van der Waals surface area (Å²) in [6.45, 7) is 7.70. The Bertz CT molecular complexity index is 406. The fourth-order valence-corrected chi connectivity index (χ4v) is 2.64. The second kappa shape index (κ2) is 10.1. The van der Waals surface area contributed by atoms with Gasteiger partial charge in [-0.1, -0.05) is 20.8 Å². The van der Waals surface area contributed by atoms with Crippen molar-refractivity contribution in [2.75, 3.05) is 46.7 Å². The van der Waals surface area contributed by atoms with E-state index in [1.807, 2.05) is 20.8 Å². The minimum Gasteiger partial charge on any atom is -0.391 e. The van der Waals surface area contributed by atoms with E-state index in [9.17, 15) is 14.7 Å². The Hall–Kier alpha value is -1.02. The SMILES string of the molecule is COCCOCCOCC(=O)N1CC(O)CC1C(=O)CC(C)(C)C. The second-order valence-electron chi connectivity index (χ2n) is 7.31. The summed E-state index contributed by atoms with van der Waals surface area (Å²) in [4.78, 5) is 26.2. The molecule has 1 fully saturated rings. The van der Waals surface area contributed by atoms with Gasteiger partial charge in [0.15, 0.2) is 5.78 Å². The molecule has 0 spiro atoms. The maximum atomic E-state index is 12.4. The highest BCUT2D eigenvalue weighted by atomic mass is 16.5. The van der Waals surface area contributed by atoms with Gasteiger partial charge in [-0.2, -0.15) is 0 Å². The molecule has 1 N–H and O–H groups in total. The monoisotopic (exact) mass is 345 g/mol. The average Bonchev–Trinajstić information content (AvgIpc) is 2.86. The molecule has 7 heteroatoms. The molecule has 7 nitrogen and oxygen atoms in total. The number of β-amino-alcohol motifs (C(OH)–C–C–N with tert-alkyl or cyclic N) is 1. The number of ether oxygens (including phenoxy) is 3. The van der Waals surface area contributed by atoms with Gasteiger partial charge in [-0.25, -0.2) is 0 Å². The molecule has 0 radical (unpaired) electrons. The number of hydrogen-bond donors (Lipinski definition) is 1. The summed E-state index contributed by atoms with van der Waals surface area (Å²) < 4.78 is 15.4. The van der Waals surface area contributed by atoms with Gasteiger partial charge in [0.25, 0.3) is 0 Å². The van der Waals surface area contributed by atoms with Gasteiger partial charge in [-0.15, -0.1) is 0 Å². The van der Waals surface area contributed by atoms with Crippen LogP contribution in [0.1, 0.15) is 33.6 Å². The molecule has 1 heterocycles. The number of ketones is 1. The predicted octanol–water partition coefficient (Wildman–Crippen LogP) is 0.633. The third-order valence-corrected chi connectivity index (χ3v) is 3.70. The fourth-order valence-electron chi connectivity index (χ4n) is 2.64. The number of carbonyl (C=O) groups excluding carboxylic acids is 2. The molecular formula is C17H31NO6. The van der Waals surface area contributed by atoms with Gasteiger partial charge in [0, 0.05) is 26.5 Å². The van der Waals surface area contributed by atoms with E-state index < -0.39 is 12.1 Å². The minimum absolute atomic E-state index is 0.00435. The number of Topliss-reactive ketones (excluding diaryl/α,β-unsaturated/α-hetero) is 1. The molecule has 140 valence electrons. The first-order valence-electron chi connectivity index (χ1n) is 8.39. The predicted molar refractivity (Wildman–Crippen MR) is 88.7 cm³/mol. The van der Waals surface area contributed by atoms with E-state index in [-0.39, 0.29) is 30.3 Å². The van der Waals surface area contributed by atoms with Crippen LogP contribution in [-0.2, 0) is 23.8 Å². The molecule has 0 aliphatic carbocycles. The summed E-state index contributed by atoms with van der Waals surface area (Å²) in [5.74, 6) is -0.272. The van der Waals surface area contributed by atoms with Gasteiger partial charge in [-0.05, 0) is 5.41 Å². The molecule has 1 amide bonds. The lowest BCUT2D eigenvalue weighted by molar-refractivity contribution is -0.142. The second-order valence-corrected chi connectivity index (χ2v) is 7.31. The Labute approximate surface area is 144 Å². The number of methoxy groups -OCH3 is 1. The van der Waals surface area contributed by atoms with E-state index in [0.29, 0.717) is 39.3 Å². The first kappa shape index (κ1) is 21.0. The lowest BCUT2D eigenvalue weighted by Gasteiger charge is -2.26. The van der Waals surface area contributed by atoms with Crippen molar-refractivity contribution in [3.63, 3.8) is 0 Å². The van der Waals surface area contributed by atoms with Crippen molar-refractivity contribution in [1.82, 2.24) is 4.90 Å². The van der Waals surface area contributed by atoms with E-state index in [1.165, 1.54) is 4.90 Å². The minimum atomic E-state index is -0.653. The van der Waals surface area contributed by atoms with Crippen molar-refractivity contribution in [3.05, 3.63) is 0 Å². The molecule has 0 aromatic carbocycles. The Morgan fingerprint density at radius 2 is 1.75 bits per heavy atom. The molecule has 1 aliphatic rings. The number of likely N-dealkylation sites (tertiary alicyclic amines) is 1. The van der Waals surface area contributed by atoms with Crippen molar-refractivity contribution in [2.45, 2.75) is 45.8 Å². The summed E-state index contributed by atoms with van der Waals surface area (Å²) in [5.41, 5.74) is -0.143. The van der Waals surface area contributed by atoms with Crippen molar-refractivity contribution in [1.29, 1.82) is 0 Å². The number of carbonyl (C=O) groups is 2. The van der Waals surface area contributed by atoms with Gasteiger partial charge < -0.3 is 24.2 Å². The zero-order valence-electron chi connectivity index (χ0n) is 15.2. The van der Waals surface area contributed by atoms with E-state index in [4.69, 9.17) is 14.2 Å². The first-order chi connectivity index (χ1) is 11.2. The lowest BCUT2D eigenvalue weighted by atomic mass is 9.87. The standard InChI is InChI=1S/C17H31NO6/c1-17(2,3)10-15(20)14-9-13(19)11-18(14)16(21)12-24-8-7-23-6-5-22-4/h13-14,19H,5-12H2,1-4H3. The van der Waals surface area contributed by atoms with E-state index >= 15 is 0 Å². The topological polar surface area (TPSA) is 85.3 Å². The quantitative estimate of drug-likeness (QED) is 0.585. The third-order valence-electron chi connectivity index (χ3n) is 3.70. The Morgan fingerprint density at radius 1 is 1.12 bits per heavy atom. The van der Waals surface area contributed by atoms with Gasteiger partial charge >= 0.3 is 0 Å². The number of rotatable bonds is 10. The average molecular weight is 345 g/mol. The lowest BCUT2D eigenvalue weighted by Crippen LogP contribution is -2.43. The summed E-state index contributed by atoms with van der Waals surface area (Å²) in [7, 11) is 1.60. The highest BCUT2D eigenvalue weighted by Gasteiger charge is 2.39. The third kappa shape index (κ3) is 7.70. The van der Waals surface area contributed by atoms with Gasteiger partial charge in [-0.3, -0.25) is 9.59 Å². The van der Waals surface area contributed by atoms with Gasteiger partial charge in [0.05, 0.1) is 38.6 Å². The number of nitrogens with zero attached hydrogens (tertiary/aromatic N) is 1. The van der Waals surface area contributed by atoms with Crippen LogP contribution in [0, 0.1) is 5.41 Å². The molecule has 0 bridgehead atoms. The number of amides is 1. The largest absolute Gasteiger partial charge is 0.391 e. The van der Waals surface area contributed by atoms with Crippen LogP contribution in [0.15, 0.2) is 0 Å². The van der Waals surface area contributed by atoms with Gasteiger partial charge in [0.1, 0.15) is 6.61 Å². The Morgan fingerprint density at radius 3 is 2.38 bits per heavy atom. The summed E-state index contributed by atoms with van der Waals surface area (Å²) in [6.07, 6.45) is 0.0311. The molecule has 24 heavy (non-hydrogen) atoms. The molecule has 1 rings (SSSR count). The highest BCUT2D eigenvalue weighted by molar-refractivity contribution is 5.90. The summed E-state index contributed by atoms with van der Waals surface area (Å²) in [6, 6.07) is -0.548. The zero-order chi connectivity index (χ0) is 18.2. The number of aliphatic hydroxyl groups is 1. The number of aliphatic hydroxyl groups excluding tert-OH is 1. The highest BCUT2D eigenvalue weighted by Crippen LogP contribution is 2.26. The molecule has 2 atom stereocenters. The van der Waals surface area contributed by atoms with Crippen molar-refractivity contribution >= 4 is 11.7 Å². The zero-order valence-corrected chi connectivity index (χ0v) is 15.2. The Balaban J connectivity index is 2.39.